The molecule has 0 aliphatic carbocycles. The van der Waals surface area contributed by atoms with Gasteiger partial charge in [-0.1, -0.05) is 18.2 Å². The van der Waals surface area contributed by atoms with E-state index in [-0.39, 0.29) is 18.7 Å². The molecular weight excluding hydrogens is 304 g/mol. The average molecular weight is 332 g/mol. The Kier molecular flexibility index (Phi) is 4.83. The maximum atomic E-state index is 12.6. The first-order chi connectivity index (χ1) is 11.4. The molecule has 1 N–H and O–H groups in total. The lowest BCUT2D eigenvalue weighted by molar-refractivity contribution is 0.0583. The number of carbonyl (C=O) groups is 1. The minimum atomic E-state index is -0.494. The van der Waals surface area contributed by atoms with Gasteiger partial charge in [0.05, 0.1) is 12.3 Å². The number of hydrogen-bond donors (Lipinski definition) is 1. The molecule has 1 saturated heterocycles. The first-order valence-corrected chi connectivity index (χ1v) is 8.85. The fourth-order valence-electron chi connectivity index (χ4n) is 3.69. The van der Waals surface area contributed by atoms with Crippen molar-refractivity contribution < 1.29 is 14.6 Å². The number of nitrogens with zero attached hydrogens (tertiary/aromatic N) is 2. The van der Waals surface area contributed by atoms with E-state index >= 15 is 0 Å². The van der Waals surface area contributed by atoms with Crippen LogP contribution in [0.3, 0.4) is 0 Å². The van der Waals surface area contributed by atoms with Crippen LogP contribution in [0, 0.1) is 0 Å². The Bertz CT molecular complexity index is 609. The molecule has 1 atom stereocenters. The zero-order valence-electron chi connectivity index (χ0n) is 14.9. The number of hydrogen-bond acceptors (Lipinski definition) is 4. The van der Waals surface area contributed by atoms with Crippen molar-refractivity contribution in [3.8, 4) is 0 Å². The number of amides is 1. The predicted octanol–water partition coefficient (Wildman–Crippen LogP) is 2.94. The van der Waals surface area contributed by atoms with Gasteiger partial charge in [0.25, 0.3) is 0 Å². The van der Waals surface area contributed by atoms with Gasteiger partial charge >= 0.3 is 6.09 Å². The minimum Gasteiger partial charge on any atom is -0.443 e. The Hall–Kier alpha value is -1.59. The third kappa shape index (κ3) is 3.57. The van der Waals surface area contributed by atoms with Crippen molar-refractivity contribution in [2.75, 3.05) is 24.6 Å². The summed E-state index contributed by atoms with van der Waals surface area (Å²) < 4.78 is 5.58. The van der Waals surface area contributed by atoms with E-state index in [1.807, 2.05) is 20.8 Å². The Morgan fingerprint density at radius 3 is 2.83 bits per heavy atom. The summed E-state index contributed by atoms with van der Waals surface area (Å²) in [5.74, 6) is 0. The molecule has 1 aromatic carbocycles. The maximum Gasteiger partial charge on any atom is 0.414 e. The summed E-state index contributed by atoms with van der Waals surface area (Å²) in [5, 5.41) is 9.55. The minimum absolute atomic E-state index is 0.199. The summed E-state index contributed by atoms with van der Waals surface area (Å²) in [4.78, 5) is 16.7. The smallest absolute Gasteiger partial charge is 0.414 e. The Labute approximate surface area is 144 Å². The van der Waals surface area contributed by atoms with E-state index in [4.69, 9.17) is 4.74 Å². The number of rotatable bonds is 3. The maximum absolute atomic E-state index is 12.6. The van der Waals surface area contributed by atoms with Crippen LogP contribution >= 0.6 is 0 Å². The van der Waals surface area contributed by atoms with Crippen LogP contribution in [0.5, 0.6) is 0 Å². The molecule has 132 valence electrons. The van der Waals surface area contributed by atoms with Gasteiger partial charge in [-0.2, -0.15) is 0 Å². The summed E-state index contributed by atoms with van der Waals surface area (Å²) in [7, 11) is 0. The molecule has 5 nitrogen and oxygen atoms in total. The van der Waals surface area contributed by atoms with Crippen LogP contribution in [0.1, 0.15) is 44.7 Å². The number of para-hydroxylation sites is 1. The number of aliphatic hydroxyl groups excluding tert-OH is 1. The number of likely N-dealkylation sites (tertiary alicyclic amines) is 1. The molecule has 1 amide bonds. The molecule has 0 bridgehead atoms. The van der Waals surface area contributed by atoms with E-state index in [0.717, 1.165) is 43.6 Å². The second-order valence-electron chi connectivity index (χ2n) is 7.76. The molecule has 2 aliphatic heterocycles. The normalized spacial score (nSPS) is 21.2. The van der Waals surface area contributed by atoms with E-state index in [1.165, 1.54) is 5.56 Å². The van der Waals surface area contributed by atoms with Crippen molar-refractivity contribution in [1.29, 1.82) is 0 Å². The Morgan fingerprint density at radius 1 is 1.33 bits per heavy atom. The van der Waals surface area contributed by atoms with Gasteiger partial charge in [0.2, 0.25) is 0 Å². The van der Waals surface area contributed by atoms with Crippen LogP contribution in [0.4, 0.5) is 10.5 Å². The predicted molar refractivity (Wildman–Crippen MR) is 94.2 cm³/mol. The van der Waals surface area contributed by atoms with Gasteiger partial charge in [0.15, 0.2) is 0 Å². The topological polar surface area (TPSA) is 53.0 Å². The van der Waals surface area contributed by atoms with Crippen LogP contribution in [0.25, 0.3) is 0 Å². The van der Waals surface area contributed by atoms with E-state index in [0.29, 0.717) is 6.54 Å². The third-order valence-corrected chi connectivity index (χ3v) is 4.77. The van der Waals surface area contributed by atoms with Crippen molar-refractivity contribution >= 4 is 11.8 Å². The van der Waals surface area contributed by atoms with E-state index in [9.17, 15) is 9.90 Å². The van der Waals surface area contributed by atoms with Crippen LogP contribution in [-0.4, -0.2) is 47.4 Å². The van der Waals surface area contributed by atoms with Crippen molar-refractivity contribution in [3.63, 3.8) is 0 Å². The lowest BCUT2D eigenvalue weighted by Gasteiger charge is -2.28. The highest BCUT2D eigenvalue weighted by atomic mass is 16.6. The second kappa shape index (κ2) is 6.73. The first-order valence-electron chi connectivity index (χ1n) is 8.85. The number of ether oxygens (including phenoxy) is 1. The van der Waals surface area contributed by atoms with E-state index in [2.05, 4.69) is 23.1 Å². The third-order valence-electron chi connectivity index (χ3n) is 4.77. The number of aliphatic hydroxyl groups is 1. The van der Waals surface area contributed by atoms with Crippen LogP contribution in [-0.2, 0) is 17.7 Å². The van der Waals surface area contributed by atoms with Gasteiger partial charge in [-0.3, -0.25) is 9.80 Å². The van der Waals surface area contributed by atoms with Crippen molar-refractivity contribution in [3.05, 3.63) is 29.3 Å². The molecule has 2 aliphatic rings. The van der Waals surface area contributed by atoms with Gasteiger partial charge in [-0.15, -0.1) is 0 Å². The fraction of sp³-hybridized carbons (Fsp3) is 0.632. The first kappa shape index (κ1) is 17.2. The van der Waals surface area contributed by atoms with Gasteiger partial charge in [0.1, 0.15) is 5.60 Å². The zero-order valence-corrected chi connectivity index (χ0v) is 14.9. The molecule has 0 aromatic heterocycles. The molecule has 24 heavy (non-hydrogen) atoms. The monoisotopic (exact) mass is 332 g/mol. The largest absolute Gasteiger partial charge is 0.443 e. The highest BCUT2D eigenvalue weighted by Crippen LogP contribution is 2.34. The summed E-state index contributed by atoms with van der Waals surface area (Å²) >= 11 is 0. The summed E-state index contributed by atoms with van der Waals surface area (Å²) in [6.07, 6.45) is 2.76. The van der Waals surface area contributed by atoms with Crippen LogP contribution in [0.15, 0.2) is 18.2 Å². The lowest BCUT2D eigenvalue weighted by Crippen LogP contribution is -2.37. The zero-order chi connectivity index (χ0) is 17.3. The van der Waals surface area contributed by atoms with Gasteiger partial charge in [-0.05, 0) is 57.7 Å². The van der Waals surface area contributed by atoms with Crippen LogP contribution in [0.2, 0.25) is 0 Å². The number of benzene rings is 1. The number of carbonyl (C=O) groups excluding carboxylic acids is 1. The molecule has 5 heteroatoms. The molecule has 3 rings (SSSR count). The SMILES string of the molecule is CC(C)(C)OC(=O)N1CCc2cccc(CN3CCCC3CO)c21. The molecule has 2 heterocycles. The summed E-state index contributed by atoms with van der Waals surface area (Å²) in [6.45, 7) is 8.32. The highest BCUT2D eigenvalue weighted by Gasteiger charge is 2.32. The molecular formula is C19H28N2O3. The van der Waals surface area contributed by atoms with Gasteiger partial charge in [0, 0.05) is 19.1 Å². The molecule has 1 unspecified atom stereocenters. The molecule has 0 saturated carbocycles. The lowest BCUT2D eigenvalue weighted by atomic mass is 10.1. The Balaban J connectivity index is 1.83. The quantitative estimate of drug-likeness (QED) is 0.925. The molecule has 1 fully saturated rings. The number of fused-ring (bicyclic) bond motifs is 1. The number of anilines is 1. The van der Waals surface area contributed by atoms with Crippen molar-refractivity contribution in [2.24, 2.45) is 0 Å². The fourth-order valence-corrected chi connectivity index (χ4v) is 3.69. The summed E-state index contributed by atoms with van der Waals surface area (Å²) in [5.41, 5.74) is 2.87. The standard InChI is InChI=1S/C19H28N2O3/c1-19(2,3)24-18(23)21-11-9-14-6-4-7-15(17(14)21)12-20-10-5-8-16(20)13-22/h4,6-7,16,22H,5,8-13H2,1-3H3. The molecule has 1 aromatic rings. The highest BCUT2D eigenvalue weighted by molar-refractivity contribution is 5.91. The molecule has 0 spiro atoms. The van der Waals surface area contributed by atoms with Gasteiger partial charge in [-0.25, -0.2) is 4.79 Å². The van der Waals surface area contributed by atoms with Gasteiger partial charge < -0.3 is 9.84 Å². The van der Waals surface area contributed by atoms with E-state index < -0.39 is 5.60 Å². The Morgan fingerprint density at radius 2 is 2.12 bits per heavy atom. The average Bonchev–Trinajstić information content (AvgIpc) is 3.12. The molecule has 0 radical (unpaired) electrons. The summed E-state index contributed by atoms with van der Waals surface area (Å²) in [6, 6.07) is 6.49. The van der Waals surface area contributed by atoms with Crippen molar-refractivity contribution in [1.82, 2.24) is 4.90 Å². The van der Waals surface area contributed by atoms with E-state index in [1.54, 1.807) is 4.90 Å². The van der Waals surface area contributed by atoms with Crippen molar-refractivity contribution in [2.45, 2.75) is 58.2 Å². The van der Waals surface area contributed by atoms with Crippen LogP contribution < -0.4 is 4.90 Å². The second-order valence-corrected chi connectivity index (χ2v) is 7.76.